The number of pyridine rings is 1. The van der Waals surface area contributed by atoms with Crippen LogP contribution in [0.4, 0.5) is 0 Å². The topological polar surface area (TPSA) is 47.0 Å². The Kier molecular flexibility index (Phi) is 3.19. The van der Waals surface area contributed by atoms with Gasteiger partial charge < -0.3 is 5.73 Å². The van der Waals surface area contributed by atoms with Crippen molar-refractivity contribution in [2.45, 2.75) is 6.54 Å². The first-order valence-corrected chi connectivity index (χ1v) is 5.35. The predicted molar refractivity (Wildman–Crippen MR) is 65.2 cm³/mol. The van der Waals surface area contributed by atoms with Crippen LogP contribution in [-0.4, -0.2) is 5.91 Å². The molecule has 1 heterocycles. The molecule has 85 valence electrons. The number of hydrogen-bond acceptors (Lipinski definition) is 1. The zero-order chi connectivity index (χ0) is 12.3. The lowest BCUT2D eigenvalue weighted by atomic mass is 10.1. The third-order valence-electron chi connectivity index (χ3n) is 2.50. The maximum Gasteiger partial charge on any atom is 0.254 e. The number of aromatic nitrogens is 1. The van der Waals surface area contributed by atoms with Crippen molar-refractivity contribution in [3.8, 4) is 0 Å². The Morgan fingerprint density at radius 1 is 1.29 bits per heavy atom. The fourth-order valence-electron chi connectivity index (χ4n) is 1.70. The number of rotatable bonds is 3. The summed E-state index contributed by atoms with van der Waals surface area (Å²) in [7, 11) is 0. The molecular formula is C14H14N2O+. The van der Waals surface area contributed by atoms with Gasteiger partial charge in [0.15, 0.2) is 18.9 Å². The molecule has 0 unspecified atom stereocenters. The lowest BCUT2D eigenvalue weighted by Gasteiger charge is -2.00. The molecule has 0 fully saturated rings. The summed E-state index contributed by atoms with van der Waals surface area (Å²) in [6.07, 6.45) is 3.65. The second kappa shape index (κ2) is 4.78. The Hall–Kier alpha value is -2.16. The molecule has 1 radical (unpaired) electrons. The normalized spacial score (nSPS) is 10.2. The van der Waals surface area contributed by atoms with Crippen molar-refractivity contribution in [2.75, 3.05) is 0 Å². The molecule has 0 spiro atoms. The van der Waals surface area contributed by atoms with E-state index in [1.807, 2.05) is 41.1 Å². The van der Waals surface area contributed by atoms with Gasteiger partial charge in [0.1, 0.15) is 5.56 Å². The zero-order valence-corrected chi connectivity index (χ0v) is 9.47. The van der Waals surface area contributed by atoms with Crippen molar-refractivity contribution in [2.24, 2.45) is 5.73 Å². The van der Waals surface area contributed by atoms with E-state index in [2.05, 4.69) is 6.92 Å². The first-order valence-electron chi connectivity index (χ1n) is 5.35. The number of carbonyl (C=O) groups excluding carboxylic acids is 1. The molecule has 0 atom stereocenters. The number of nitrogens with zero attached hydrogens (tertiary/aromatic N) is 1. The summed E-state index contributed by atoms with van der Waals surface area (Å²) in [5.41, 5.74) is 7.87. The highest BCUT2D eigenvalue weighted by Gasteiger charge is 2.07. The number of nitrogens with two attached hydrogens (primary N) is 1. The summed E-state index contributed by atoms with van der Waals surface area (Å²) in [6.45, 7) is 4.58. The van der Waals surface area contributed by atoms with Crippen LogP contribution in [0.1, 0.15) is 21.5 Å². The smallest absolute Gasteiger partial charge is 0.254 e. The van der Waals surface area contributed by atoms with Gasteiger partial charge in [-0.2, -0.15) is 4.57 Å². The molecule has 3 heteroatoms. The zero-order valence-electron chi connectivity index (χ0n) is 9.47. The molecule has 1 aromatic carbocycles. The Balaban J connectivity index is 2.24. The Labute approximate surface area is 101 Å². The van der Waals surface area contributed by atoms with Gasteiger partial charge in [-0.15, -0.1) is 0 Å². The van der Waals surface area contributed by atoms with E-state index in [4.69, 9.17) is 5.73 Å². The predicted octanol–water partition coefficient (Wildman–Crippen LogP) is 1.30. The summed E-state index contributed by atoms with van der Waals surface area (Å²) < 4.78 is 1.93. The number of primary amides is 1. The van der Waals surface area contributed by atoms with Crippen LogP contribution >= 0.6 is 0 Å². The summed E-state index contributed by atoms with van der Waals surface area (Å²) in [4.78, 5) is 11.1. The summed E-state index contributed by atoms with van der Waals surface area (Å²) in [5.74, 6) is -0.412. The third kappa shape index (κ3) is 2.91. The SMILES string of the molecule is [CH2]c1cccc(C[n+]2cccc(C(N)=O)c2)c1. The second-order valence-corrected chi connectivity index (χ2v) is 3.95. The van der Waals surface area contributed by atoms with Crippen molar-refractivity contribution >= 4 is 5.91 Å². The van der Waals surface area contributed by atoms with Crippen molar-refractivity contribution in [1.29, 1.82) is 0 Å². The molecule has 0 aliphatic rings. The molecule has 2 aromatic rings. The van der Waals surface area contributed by atoms with E-state index in [-0.39, 0.29) is 0 Å². The lowest BCUT2D eigenvalue weighted by Crippen LogP contribution is -2.35. The van der Waals surface area contributed by atoms with E-state index < -0.39 is 5.91 Å². The van der Waals surface area contributed by atoms with Crippen molar-refractivity contribution in [1.82, 2.24) is 0 Å². The van der Waals surface area contributed by atoms with Crippen LogP contribution in [0.25, 0.3) is 0 Å². The van der Waals surface area contributed by atoms with Gasteiger partial charge in [0, 0.05) is 11.6 Å². The minimum absolute atomic E-state index is 0.412. The fourth-order valence-corrected chi connectivity index (χ4v) is 1.70. The summed E-state index contributed by atoms with van der Waals surface area (Å²) in [5, 5.41) is 0. The highest BCUT2D eigenvalue weighted by atomic mass is 16.1. The van der Waals surface area contributed by atoms with E-state index >= 15 is 0 Å². The molecule has 3 nitrogen and oxygen atoms in total. The first kappa shape index (κ1) is 11.3. The van der Waals surface area contributed by atoms with Gasteiger partial charge in [-0.05, 0) is 24.6 Å². The number of hydrogen-bond donors (Lipinski definition) is 1. The van der Waals surface area contributed by atoms with Crippen molar-refractivity contribution in [3.63, 3.8) is 0 Å². The largest absolute Gasteiger partial charge is 0.365 e. The van der Waals surface area contributed by atoms with E-state index in [0.717, 1.165) is 11.1 Å². The van der Waals surface area contributed by atoms with E-state index in [9.17, 15) is 4.79 Å². The van der Waals surface area contributed by atoms with Gasteiger partial charge in [-0.25, -0.2) is 0 Å². The van der Waals surface area contributed by atoms with Crippen molar-refractivity contribution < 1.29 is 9.36 Å². The lowest BCUT2D eigenvalue weighted by molar-refractivity contribution is -0.688. The number of amides is 1. The van der Waals surface area contributed by atoms with E-state index in [1.54, 1.807) is 12.3 Å². The number of benzene rings is 1. The van der Waals surface area contributed by atoms with Crippen LogP contribution in [-0.2, 0) is 6.54 Å². The molecular weight excluding hydrogens is 212 g/mol. The molecule has 2 rings (SSSR count). The Morgan fingerprint density at radius 2 is 2.12 bits per heavy atom. The van der Waals surface area contributed by atoms with E-state index in [1.165, 1.54) is 0 Å². The Morgan fingerprint density at radius 3 is 2.82 bits per heavy atom. The average molecular weight is 226 g/mol. The molecule has 0 saturated carbocycles. The molecule has 1 amide bonds. The molecule has 1 aromatic heterocycles. The van der Waals surface area contributed by atoms with Gasteiger partial charge in [0.25, 0.3) is 5.91 Å². The van der Waals surface area contributed by atoms with Gasteiger partial charge in [-0.1, -0.05) is 18.2 Å². The van der Waals surface area contributed by atoms with Gasteiger partial charge in [0.2, 0.25) is 0 Å². The molecule has 0 aliphatic heterocycles. The quantitative estimate of drug-likeness (QED) is 0.788. The molecule has 17 heavy (non-hydrogen) atoms. The van der Waals surface area contributed by atoms with Gasteiger partial charge in [-0.3, -0.25) is 4.79 Å². The molecule has 0 bridgehead atoms. The van der Waals surface area contributed by atoms with Crippen LogP contribution in [0.5, 0.6) is 0 Å². The van der Waals surface area contributed by atoms with Crippen LogP contribution in [0.3, 0.4) is 0 Å². The van der Waals surface area contributed by atoms with Crippen LogP contribution < -0.4 is 10.3 Å². The van der Waals surface area contributed by atoms with Crippen LogP contribution in [0, 0.1) is 6.92 Å². The maximum absolute atomic E-state index is 11.1. The third-order valence-corrected chi connectivity index (χ3v) is 2.50. The standard InChI is InChI=1S/C14H13N2O/c1-11-4-2-5-12(8-11)9-16-7-3-6-13(10-16)14(15)17/h2-8,10H,1,9H2,(H-,15,17)/p+1. The molecule has 2 N–H and O–H groups in total. The summed E-state index contributed by atoms with van der Waals surface area (Å²) in [6, 6.07) is 11.5. The monoisotopic (exact) mass is 226 g/mol. The molecule has 0 saturated heterocycles. The fraction of sp³-hybridized carbons (Fsp3) is 0.0714. The highest BCUT2D eigenvalue weighted by molar-refractivity contribution is 5.92. The average Bonchev–Trinajstić information content (AvgIpc) is 2.29. The van der Waals surface area contributed by atoms with Crippen LogP contribution in [0.2, 0.25) is 0 Å². The maximum atomic E-state index is 11.1. The van der Waals surface area contributed by atoms with E-state index in [0.29, 0.717) is 12.1 Å². The minimum atomic E-state index is -0.412. The first-order chi connectivity index (χ1) is 8.15. The van der Waals surface area contributed by atoms with Crippen molar-refractivity contribution in [3.05, 3.63) is 72.4 Å². The molecule has 0 aliphatic carbocycles. The summed E-state index contributed by atoms with van der Waals surface area (Å²) >= 11 is 0. The van der Waals surface area contributed by atoms with Gasteiger partial charge >= 0.3 is 0 Å². The van der Waals surface area contributed by atoms with Gasteiger partial charge in [0.05, 0.1) is 0 Å². The number of carbonyl (C=O) groups is 1. The Bertz CT molecular complexity index is 549. The van der Waals surface area contributed by atoms with Crippen LogP contribution in [0.15, 0.2) is 48.8 Å². The minimum Gasteiger partial charge on any atom is -0.365 e. The highest BCUT2D eigenvalue weighted by Crippen LogP contribution is 2.03. The second-order valence-electron chi connectivity index (χ2n) is 3.95.